The molecular formula is C17H22N2O. The summed E-state index contributed by atoms with van der Waals surface area (Å²) in [5.41, 5.74) is 3.23. The molecule has 1 aliphatic carbocycles. The molecule has 1 heterocycles. The van der Waals surface area contributed by atoms with E-state index >= 15 is 0 Å². The molecule has 1 aliphatic rings. The van der Waals surface area contributed by atoms with E-state index < -0.39 is 0 Å². The van der Waals surface area contributed by atoms with Gasteiger partial charge < -0.3 is 10.0 Å². The van der Waals surface area contributed by atoms with E-state index in [1.54, 1.807) is 0 Å². The quantitative estimate of drug-likeness (QED) is 0.909. The average Bonchev–Trinajstić information content (AvgIpc) is 2.46. The van der Waals surface area contributed by atoms with Crippen molar-refractivity contribution in [2.45, 2.75) is 44.8 Å². The SMILES string of the molecule is Cc1cc(N(C)C2CCCCC2O)c2ccccc2n1. The van der Waals surface area contributed by atoms with Crippen LogP contribution in [0.2, 0.25) is 0 Å². The van der Waals surface area contributed by atoms with E-state index in [1.807, 2.05) is 19.1 Å². The zero-order chi connectivity index (χ0) is 14.1. The molecule has 3 nitrogen and oxygen atoms in total. The second kappa shape index (κ2) is 5.41. The predicted molar refractivity (Wildman–Crippen MR) is 83.1 cm³/mol. The summed E-state index contributed by atoms with van der Waals surface area (Å²) in [5, 5.41) is 11.4. The molecule has 0 radical (unpaired) electrons. The number of aliphatic hydroxyl groups excluding tert-OH is 1. The number of aromatic nitrogens is 1. The Morgan fingerprint density at radius 2 is 1.95 bits per heavy atom. The molecule has 0 saturated heterocycles. The Balaban J connectivity index is 2.04. The van der Waals surface area contributed by atoms with Gasteiger partial charge in [-0.1, -0.05) is 31.0 Å². The molecule has 1 aromatic carbocycles. The van der Waals surface area contributed by atoms with Crippen LogP contribution in [-0.2, 0) is 0 Å². The predicted octanol–water partition coefficient (Wildman–Crippen LogP) is 3.28. The van der Waals surface area contributed by atoms with Crippen LogP contribution in [-0.4, -0.2) is 29.3 Å². The second-order valence-corrected chi connectivity index (χ2v) is 5.83. The number of fused-ring (bicyclic) bond motifs is 1. The van der Waals surface area contributed by atoms with E-state index in [0.29, 0.717) is 0 Å². The highest BCUT2D eigenvalue weighted by Gasteiger charge is 2.27. The Morgan fingerprint density at radius 1 is 1.20 bits per heavy atom. The fourth-order valence-electron chi connectivity index (χ4n) is 3.30. The van der Waals surface area contributed by atoms with Crippen molar-refractivity contribution in [1.82, 2.24) is 4.98 Å². The van der Waals surface area contributed by atoms with Gasteiger partial charge in [0.05, 0.1) is 17.7 Å². The minimum Gasteiger partial charge on any atom is -0.391 e. The number of pyridine rings is 1. The van der Waals surface area contributed by atoms with Gasteiger partial charge in [-0.15, -0.1) is 0 Å². The fourth-order valence-corrected chi connectivity index (χ4v) is 3.30. The van der Waals surface area contributed by atoms with Crippen molar-refractivity contribution >= 4 is 16.6 Å². The van der Waals surface area contributed by atoms with Gasteiger partial charge in [-0.25, -0.2) is 0 Å². The first-order valence-electron chi connectivity index (χ1n) is 7.44. The maximum Gasteiger partial charge on any atom is 0.0743 e. The van der Waals surface area contributed by atoms with Crippen molar-refractivity contribution in [2.75, 3.05) is 11.9 Å². The fraction of sp³-hybridized carbons (Fsp3) is 0.471. The highest BCUT2D eigenvalue weighted by molar-refractivity contribution is 5.92. The number of likely N-dealkylation sites (N-methyl/N-ethyl adjacent to an activating group) is 1. The molecule has 2 atom stereocenters. The summed E-state index contributed by atoms with van der Waals surface area (Å²) in [6.07, 6.45) is 4.10. The maximum absolute atomic E-state index is 10.3. The van der Waals surface area contributed by atoms with Crippen LogP contribution < -0.4 is 4.90 Å². The summed E-state index contributed by atoms with van der Waals surface area (Å²) in [5.74, 6) is 0. The van der Waals surface area contributed by atoms with Gasteiger partial charge in [0.25, 0.3) is 0 Å². The van der Waals surface area contributed by atoms with Gasteiger partial charge in [0.15, 0.2) is 0 Å². The van der Waals surface area contributed by atoms with E-state index in [9.17, 15) is 5.11 Å². The van der Waals surface area contributed by atoms with E-state index in [1.165, 1.54) is 17.5 Å². The Hall–Kier alpha value is -1.61. The molecule has 3 rings (SSSR count). The van der Waals surface area contributed by atoms with Gasteiger partial charge >= 0.3 is 0 Å². The molecule has 1 aromatic heterocycles. The summed E-state index contributed by atoms with van der Waals surface area (Å²) in [6.45, 7) is 2.03. The van der Waals surface area contributed by atoms with Gasteiger partial charge in [-0.05, 0) is 31.9 Å². The molecule has 20 heavy (non-hydrogen) atoms. The Labute approximate surface area is 120 Å². The van der Waals surface area contributed by atoms with E-state index in [-0.39, 0.29) is 12.1 Å². The molecule has 2 unspecified atom stereocenters. The summed E-state index contributed by atoms with van der Waals surface area (Å²) in [4.78, 5) is 6.84. The number of hydrogen-bond acceptors (Lipinski definition) is 3. The number of nitrogens with zero attached hydrogens (tertiary/aromatic N) is 2. The van der Waals surface area contributed by atoms with Crippen molar-refractivity contribution in [3.63, 3.8) is 0 Å². The molecule has 1 saturated carbocycles. The summed E-state index contributed by atoms with van der Waals surface area (Å²) in [6, 6.07) is 10.6. The van der Waals surface area contributed by atoms with Crippen molar-refractivity contribution < 1.29 is 5.11 Å². The number of rotatable bonds is 2. The molecule has 2 aromatic rings. The van der Waals surface area contributed by atoms with Crippen LogP contribution in [0.25, 0.3) is 10.9 Å². The Bertz CT molecular complexity index is 611. The van der Waals surface area contributed by atoms with E-state index in [2.05, 4.69) is 35.1 Å². The third-order valence-electron chi connectivity index (χ3n) is 4.39. The highest BCUT2D eigenvalue weighted by atomic mass is 16.3. The third kappa shape index (κ3) is 2.38. The molecule has 0 bridgehead atoms. The molecular weight excluding hydrogens is 248 g/mol. The molecule has 106 valence electrons. The molecule has 1 fully saturated rings. The highest BCUT2D eigenvalue weighted by Crippen LogP contribution is 2.31. The monoisotopic (exact) mass is 270 g/mol. The maximum atomic E-state index is 10.3. The van der Waals surface area contributed by atoms with Crippen LogP contribution in [0.1, 0.15) is 31.4 Å². The first kappa shape index (κ1) is 13.4. The van der Waals surface area contributed by atoms with Crippen LogP contribution in [0.5, 0.6) is 0 Å². The molecule has 0 spiro atoms. The Morgan fingerprint density at radius 3 is 2.75 bits per heavy atom. The van der Waals surface area contributed by atoms with Gasteiger partial charge in [0, 0.05) is 23.8 Å². The summed E-state index contributed by atoms with van der Waals surface area (Å²) >= 11 is 0. The molecule has 0 aliphatic heterocycles. The first-order chi connectivity index (χ1) is 9.66. The topological polar surface area (TPSA) is 36.4 Å². The van der Waals surface area contributed by atoms with Crippen molar-refractivity contribution in [2.24, 2.45) is 0 Å². The number of para-hydroxylation sites is 1. The van der Waals surface area contributed by atoms with E-state index in [4.69, 9.17) is 0 Å². The van der Waals surface area contributed by atoms with Crippen molar-refractivity contribution in [1.29, 1.82) is 0 Å². The van der Waals surface area contributed by atoms with Gasteiger partial charge in [0.2, 0.25) is 0 Å². The normalized spacial score (nSPS) is 22.9. The third-order valence-corrected chi connectivity index (χ3v) is 4.39. The zero-order valence-corrected chi connectivity index (χ0v) is 12.2. The number of benzene rings is 1. The lowest BCUT2D eigenvalue weighted by molar-refractivity contribution is 0.106. The molecule has 1 N–H and O–H groups in total. The minimum atomic E-state index is -0.221. The van der Waals surface area contributed by atoms with Crippen LogP contribution in [0, 0.1) is 6.92 Å². The summed E-state index contributed by atoms with van der Waals surface area (Å²) in [7, 11) is 2.10. The lowest BCUT2D eigenvalue weighted by Gasteiger charge is -2.37. The van der Waals surface area contributed by atoms with Crippen LogP contribution in [0.15, 0.2) is 30.3 Å². The molecule has 0 amide bonds. The van der Waals surface area contributed by atoms with E-state index in [0.717, 1.165) is 30.5 Å². The van der Waals surface area contributed by atoms with Crippen LogP contribution in [0.3, 0.4) is 0 Å². The average molecular weight is 270 g/mol. The number of aryl methyl sites for hydroxylation is 1. The van der Waals surface area contributed by atoms with Gasteiger partial charge in [-0.3, -0.25) is 4.98 Å². The smallest absolute Gasteiger partial charge is 0.0743 e. The van der Waals surface area contributed by atoms with Gasteiger partial charge in [-0.2, -0.15) is 0 Å². The first-order valence-corrected chi connectivity index (χ1v) is 7.44. The lowest BCUT2D eigenvalue weighted by atomic mass is 9.91. The number of hydrogen-bond donors (Lipinski definition) is 1. The minimum absolute atomic E-state index is 0.217. The zero-order valence-electron chi connectivity index (χ0n) is 12.2. The Kier molecular flexibility index (Phi) is 3.62. The van der Waals surface area contributed by atoms with Gasteiger partial charge in [0.1, 0.15) is 0 Å². The van der Waals surface area contributed by atoms with Crippen LogP contribution >= 0.6 is 0 Å². The van der Waals surface area contributed by atoms with Crippen LogP contribution in [0.4, 0.5) is 5.69 Å². The van der Waals surface area contributed by atoms with Crippen molar-refractivity contribution in [3.8, 4) is 0 Å². The standard InChI is InChI=1S/C17H22N2O/c1-12-11-16(13-7-3-4-8-14(13)18-12)19(2)15-9-5-6-10-17(15)20/h3-4,7-8,11,15,17,20H,5-6,9-10H2,1-2H3. The number of aliphatic hydroxyl groups is 1. The second-order valence-electron chi connectivity index (χ2n) is 5.83. The molecule has 3 heteroatoms. The largest absolute Gasteiger partial charge is 0.391 e. The number of anilines is 1. The van der Waals surface area contributed by atoms with Crippen molar-refractivity contribution in [3.05, 3.63) is 36.0 Å². The lowest BCUT2D eigenvalue weighted by Crippen LogP contribution is -2.43. The summed E-state index contributed by atoms with van der Waals surface area (Å²) < 4.78 is 0.